The second-order valence-corrected chi connectivity index (χ2v) is 8.31. The maximum Gasteiger partial charge on any atom is 0.255 e. The number of carbonyl (C=O) groups excluding carboxylic acids is 3. The number of imidazole rings is 1. The molecule has 3 heterocycles. The number of nitrogen functional groups attached to an aromatic ring is 1. The first kappa shape index (κ1) is 22.5. The van der Waals surface area contributed by atoms with Crippen LogP contribution in [0.2, 0.25) is 0 Å². The molecule has 2 aliphatic heterocycles. The van der Waals surface area contributed by atoms with Crippen LogP contribution in [0.15, 0.2) is 42.5 Å². The monoisotopic (exact) mass is 465 g/mol. The Hall–Kier alpha value is -3.65. The smallest absolute Gasteiger partial charge is 0.255 e. The highest BCUT2D eigenvalue weighted by molar-refractivity contribution is 6.05. The fraction of sp³-hybridized carbons (Fsp3) is 0.250. The van der Waals surface area contributed by atoms with Gasteiger partial charge in [-0.3, -0.25) is 19.7 Å². The van der Waals surface area contributed by atoms with Crippen LogP contribution in [0.3, 0.4) is 0 Å². The molecule has 3 aromatic rings. The van der Waals surface area contributed by atoms with Gasteiger partial charge in [0.2, 0.25) is 11.8 Å². The number of benzene rings is 2. The van der Waals surface area contributed by atoms with Crippen molar-refractivity contribution in [2.45, 2.75) is 32.4 Å². The molecule has 3 N–H and O–H groups in total. The lowest BCUT2D eigenvalue weighted by atomic mass is 10.0. The summed E-state index contributed by atoms with van der Waals surface area (Å²) in [5.74, 6) is -0.0161. The molecule has 0 saturated carbocycles. The number of nitrogens with two attached hydrogens (primary N) is 1. The van der Waals surface area contributed by atoms with E-state index in [9.17, 15) is 14.4 Å². The molecule has 1 fully saturated rings. The molecule has 9 heteroatoms. The van der Waals surface area contributed by atoms with Crippen molar-refractivity contribution in [3.8, 4) is 22.5 Å². The number of hydrogen-bond acceptors (Lipinski definition) is 5. The average Bonchev–Trinajstić information content (AvgIpc) is 3.25. The summed E-state index contributed by atoms with van der Waals surface area (Å²) in [6.45, 7) is 2.28. The molecule has 33 heavy (non-hydrogen) atoms. The highest BCUT2D eigenvalue weighted by atomic mass is 35.5. The molecule has 1 saturated heterocycles. The van der Waals surface area contributed by atoms with Crippen LogP contribution in [0.25, 0.3) is 22.5 Å². The number of nitrogens with one attached hydrogen (secondary N) is 1. The number of aryl methyl sites for hydroxylation is 1. The van der Waals surface area contributed by atoms with Gasteiger partial charge in [0.1, 0.15) is 11.9 Å². The average molecular weight is 466 g/mol. The first-order valence-electron chi connectivity index (χ1n) is 10.5. The molecule has 1 unspecified atom stereocenters. The maximum absolute atomic E-state index is 13.0. The summed E-state index contributed by atoms with van der Waals surface area (Å²) in [6.07, 6.45) is 0.581. The lowest BCUT2D eigenvalue weighted by molar-refractivity contribution is -0.136. The predicted octanol–water partition coefficient (Wildman–Crippen LogP) is 2.83. The minimum atomic E-state index is -0.626. The van der Waals surface area contributed by atoms with E-state index in [0.717, 1.165) is 33.9 Å². The minimum absolute atomic E-state index is 0. The van der Waals surface area contributed by atoms with Crippen molar-refractivity contribution in [2.75, 3.05) is 5.73 Å². The molecule has 8 nitrogen and oxygen atoms in total. The fourth-order valence-electron chi connectivity index (χ4n) is 4.50. The van der Waals surface area contributed by atoms with Crippen molar-refractivity contribution in [2.24, 2.45) is 7.05 Å². The van der Waals surface area contributed by atoms with Gasteiger partial charge in [-0.1, -0.05) is 18.2 Å². The lowest BCUT2D eigenvalue weighted by Gasteiger charge is -2.29. The molecule has 0 radical (unpaired) electrons. The van der Waals surface area contributed by atoms with E-state index in [-0.39, 0.29) is 30.6 Å². The van der Waals surface area contributed by atoms with E-state index < -0.39 is 11.9 Å². The predicted molar refractivity (Wildman–Crippen MR) is 127 cm³/mol. The number of rotatable bonds is 3. The number of anilines is 1. The zero-order valence-corrected chi connectivity index (χ0v) is 19.1. The fourth-order valence-corrected chi connectivity index (χ4v) is 4.50. The molecular weight excluding hydrogens is 442 g/mol. The Morgan fingerprint density at radius 1 is 1.06 bits per heavy atom. The van der Waals surface area contributed by atoms with Crippen LogP contribution >= 0.6 is 12.4 Å². The Balaban J connectivity index is 0.00000259. The van der Waals surface area contributed by atoms with Crippen LogP contribution < -0.4 is 11.1 Å². The van der Waals surface area contributed by atoms with Gasteiger partial charge in [0, 0.05) is 42.4 Å². The molecule has 170 valence electrons. The van der Waals surface area contributed by atoms with Gasteiger partial charge in [-0.2, -0.15) is 0 Å². The van der Waals surface area contributed by atoms with Crippen molar-refractivity contribution in [3.63, 3.8) is 0 Å². The molecule has 1 aromatic heterocycles. The van der Waals surface area contributed by atoms with Crippen molar-refractivity contribution < 1.29 is 14.4 Å². The standard InChI is InChI=1S/C24H23N5O3.ClH/c1-13-26-21(22(28(13)2)14-3-6-17(25)7-4-14)15-5-8-18-16(11-15)12-29(24(18)32)19-9-10-20(30)27-23(19)31;/h3-8,11,19H,9-10,12,25H2,1-2H3,(H,27,30,31);1H. The Bertz CT molecular complexity index is 1280. The third-order valence-corrected chi connectivity index (χ3v) is 6.30. The normalized spacial score (nSPS) is 17.6. The summed E-state index contributed by atoms with van der Waals surface area (Å²) >= 11 is 0. The number of amides is 3. The topological polar surface area (TPSA) is 110 Å². The minimum Gasteiger partial charge on any atom is -0.399 e. The van der Waals surface area contributed by atoms with Crippen molar-refractivity contribution in [1.29, 1.82) is 0 Å². The number of aromatic nitrogens is 2. The summed E-state index contributed by atoms with van der Waals surface area (Å²) in [5.41, 5.74) is 11.7. The van der Waals surface area contributed by atoms with E-state index >= 15 is 0 Å². The van der Waals surface area contributed by atoms with Crippen LogP contribution in [-0.2, 0) is 23.2 Å². The zero-order valence-electron chi connectivity index (χ0n) is 18.3. The Kier molecular flexibility index (Phi) is 5.71. The van der Waals surface area contributed by atoms with E-state index in [4.69, 9.17) is 10.7 Å². The van der Waals surface area contributed by atoms with Gasteiger partial charge in [-0.15, -0.1) is 12.4 Å². The van der Waals surface area contributed by atoms with E-state index in [2.05, 4.69) is 5.32 Å². The van der Waals surface area contributed by atoms with Crippen LogP contribution in [-0.4, -0.2) is 38.2 Å². The molecule has 0 spiro atoms. The SMILES string of the molecule is Cc1nc(-c2ccc3c(c2)CN(C2CCC(=O)NC2=O)C3=O)c(-c2ccc(N)cc2)n1C.Cl. The highest BCUT2D eigenvalue weighted by Gasteiger charge is 2.39. The van der Waals surface area contributed by atoms with E-state index in [1.54, 1.807) is 11.0 Å². The highest BCUT2D eigenvalue weighted by Crippen LogP contribution is 2.36. The lowest BCUT2D eigenvalue weighted by Crippen LogP contribution is -2.52. The van der Waals surface area contributed by atoms with Crippen LogP contribution in [0, 0.1) is 6.92 Å². The zero-order chi connectivity index (χ0) is 22.6. The Morgan fingerprint density at radius 2 is 1.76 bits per heavy atom. The number of imide groups is 1. The summed E-state index contributed by atoms with van der Waals surface area (Å²) in [5, 5.41) is 2.34. The van der Waals surface area contributed by atoms with E-state index in [1.807, 2.05) is 54.9 Å². The molecule has 0 bridgehead atoms. The van der Waals surface area contributed by atoms with Crippen molar-refractivity contribution >= 4 is 35.8 Å². The molecule has 5 rings (SSSR count). The molecular formula is C24H24ClN5O3. The molecule has 1 atom stereocenters. The summed E-state index contributed by atoms with van der Waals surface area (Å²) in [6, 6.07) is 12.7. The van der Waals surface area contributed by atoms with E-state index in [1.165, 1.54) is 0 Å². The Morgan fingerprint density at radius 3 is 2.45 bits per heavy atom. The van der Waals surface area contributed by atoms with Gasteiger partial charge < -0.3 is 15.2 Å². The maximum atomic E-state index is 13.0. The molecule has 2 aliphatic rings. The summed E-state index contributed by atoms with van der Waals surface area (Å²) in [7, 11) is 1.97. The van der Waals surface area contributed by atoms with Gasteiger partial charge in [-0.25, -0.2) is 4.98 Å². The van der Waals surface area contributed by atoms with Crippen molar-refractivity contribution in [1.82, 2.24) is 19.8 Å². The van der Waals surface area contributed by atoms with Gasteiger partial charge in [0.15, 0.2) is 0 Å². The number of piperidine rings is 1. The van der Waals surface area contributed by atoms with Crippen LogP contribution in [0.1, 0.15) is 34.6 Å². The quantitative estimate of drug-likeness (QED) is 0.456. The molecule has 3 amide bonds. The summed E-state index contributed by atoms with van der Waals surface area (Å²) < 4.78 is 2.04. The second-order valence-electron chi connectivity index (χ2n) is 8.31. The first-order valence-corrected chi connectivity index (χ1v) is 10.5. The second kappa shape index (κ2) is 8.37. The molecule has 2 aromatic carbocycles. The van der Waals surface area contributed by atoms with Gasteiger partial charge in [0.05, 0.1) is 11.4 Å². The number of halogens is 1. The number of fused-ring (bicyclic) bond motifs is 1. The van der Waals surface area contributed by atoms with Gasteiger partial charge in [-0.05, 0) is 43.2 Å². The Labute approximate surface area is 197 Å². The van der Waals surface area contributed by atoms with Gasteiger partial charge in [0.25, 0.3) is 5.91 Å². The number of carbonyl (C=O) groups is 3. The van der Waals surface area contributed by atoms with Crippen LogP contribution in [0.4, 0.5) is 5.69 Å². The number of nitrogens with zero attached hydrogens (tertiary/aromatic N) is 3. The third-order valence-electron chi connectivity index (χ3n) is 6.30. The molecule has 0 aliphatic carbocycles. The largest absolute Gasteiger partial charge is 0.399 e. The van der Waals surface area contributed by atoms with E-state index in [0.29, 0.717) is 24.2 Å². The van der Waals surface area contributed by atoms with Crippen molar-refractivity contribution in [3.05, 3.63) is 59.4 Å². The third kappa shape index (κ3) is 3.76. The first-order chi connectivity index (χ1) is 15.3. The van der Waals surface area contributed by atoms with Crippen LogP contribution in [0.5, 0.6) is 0 Å². The van der Waals surface area contributed by atoms with Gasteiger partial charge >= 0.3 is 0 Å². The number of hydrogen-bond donors (Lipinski definition) is 2. The summed E-state index contributed by atoms with van der Waals surface area (Å²) in [4.78, 5) is 43.1.